The SMILES string of the molecule is Cc1cc(CNC(=O)C2NC3N(CC4(C(N)=O)CCC3(NC(=O)C(=O)N(C)C)CC4)C(=O)C2(O)N2CCC2)ccc1F. The van der Waals surface area contributed by atoms with Gasteiger partial charge in [-0.1, -0.05) is 12.1 Å². The number of carbonyl (C=O) groups excluding carboxylic acids is 5. The van der Waals surface area contributed by atoms with E-state index in [0.717, 1.165) is 4.90 Å². The van der Waals surface area contributed by atoms with Gasteiger partial charge in [-0.3, -0.25) is 34.2 Å². The van der Waals surface area contributed by atoms with Gasteiger partial charge in [0.15, 0.2) is 0 Å². The Morgan fingerprint density at radius 2 is 1.83 bits per heavy atom. The number of hydrogen-bond acceptors (Lipinski definition) is 8. The van der Waals surface area contributed by atoms with Gasteiger partial charge in [0, 0.05) is 40.3 Å². The Bertz CT molecular complexity index is 1330. The van der Waals surface area contributed by atoms with Gasteiger partial charge in [0.05, 0.1) is 11.0 Å². The van der Waals surface area contributed by atoms with Crippen molar-refractivity contribution in [1.82, 2.24) is 30.7 Å². The quantitative estimate of drug-likeness (QED) is 0.244. The van der Waals surface area contributed by atoms with E-state index in [2.05, 4.69) is 16.0 Å². The van der Waals surface area contributed by atoms with E-state index < -0.39 is 58.4 Å². The number of amides is 5. The highest BCUT2D eigenvalue weighted by Gasteiger charge is 2.67. The van der Waals surface area contributed by atoms with E-state index >= 15 is 0 Å². The molecule has 0 radical (unpaired) electrons. The Hall–Kier alpha value is -3.62. The Balaban J connectivity index is 1.52. The molecule has 1 aromatic rings. The predicted molar refractivity (Wildman–Crippen MR) is 146 cm³/mol. The van der Waals surface area contributed by atoms with E-state index in [-0.39, 0.29) is 44.6 Å². The van der Waals surface area contributed by atoms with Crippen molar-refractivity contribution in [1.29, 1.82) is 0 Å². The van der Waals surface area contributed by atoms with Gasteiger partial charge in [0.1, 0.15) is 18.0 Å². The van der Waals surface area contributed by atoms with Crippen LogP contribution in [0.4, 0.5) is 4.39 Å². The average molecular weight is 588 g/mol. The van der Waals surface area contributed by atoms with E-state index in [1.165, 1.54) is 36.0 Å². The molecule has 0 spiro atoms. The number of nitrogens with one attached hydrogen (secondary N) is 3. The topological polar surface area (TPSA) is 177 Å². The standard InChI is InChI=1S/C28H38FN7O6/c1-16-13-17(5-6-18(16)29)14-31-20(37)19-28(42,35-11-4-12-35)25(41)36-15-26(23(30)40)7-9-27(10-8-26,24(36)32-19)33-21(38)22(39)34(2)3/h5-6,13,19,24,32,42H,4,7-12,14-15H2,1-3H3,(H2,30,40)(H,31,37)(H,33,38). The molecule has 1 aromatic carbocycles. The van der Waals surface area contributed by atoms with Gasteiger partial charge in [0.2, 0.25) is 17.5 Å². The molecule has 6 N–H and O–H groups in total. The third kappa shape index (κ3) is 4.71. The molecule has 13 nitrogen and oxygen atoms in total. The summed E-state index contributed by atoms with van der Waals surface area (Å²) in [5.41, 5.74) is 2.27. The third-order valence-corrected chi connectivity index (χ3v) is 9.49. The third-order valence-electron chi connectivity index (χ3n) is 9.49. The summed E-state index contributed by atoms with van der Waals surface area (Å²) in [6.07, 6.45) is 0.565. The zero-order chi connectivity index (χ0) is 30.6. The van der Waals surface area contributed by atoms with Gasteiger partial charge in [0.25, 0.3) is 5.91 Å². The smallest absolute Gasteiger partial charge is 0.311 e. The first-order valence-electron chi connectivity index (χ1n) is 14.2. The number of likely N-dealkylation sites (tertiary alicyclic amines) is 1. The highest BCUT2D eigenvalue weighted by molar-refractivity contribution is 6.35. The number of hydrogen-bond donors (Lipinski definition) is 5. The first-order valence-corrected chi connectivity index (χ1v) is 14.2. The molecule has 3 atom stereocenters. The summed E-state index contributed by atoms with van der Waals surface area (Å²) in [6.45, 7) is 2.24. The maximum absolute atomic E-state index is 14.3. The normalized spacial score (nSPS) is 32.3. The molecule has 5 fully saturated rings. The zero-order valence-electron chi connectivity index (χ0n) is 24.0. The molecule has 3 unspecified atom stereocenters. The van der Waals surface area contributed by atoms with Crippen LogP contribution in [0.5, 0.6) is 0 Å². The second-order valence-corrected chi connectivity index (χ2v) is 12.3. The number of halogens is 1. The molecule has 0 aromatic heterocycles. The Morgan fingerprint density at radius 3 is 2.38 bits per heavy atom. The molecular formula is C28H38FN7O6. The van der Waals surface area contributed by atoms with Crippen molar-refractivity contribution in [2.75, 3.05) is 33.7 Å². The van der Waals surface area contributed by atoms with E-state index in [1.807, 2.05) is 0 Å². The van der Waals surface area contributed by atoms with Crippen molar-refractivity contribution in [2.24, 2.45) is 11.1 Å². The second-order valence-electron chi connectivity index (χ2n) is 12.3. The molecule has 5 amide bonds. The lowest BCUT2D eigenvalue weighted by Crippen LogP contribution is -2.84. The summed E-state index contributed by atoms with van der Waals surface area (Å²) in [5.74, 6) is -4.12. The second kappa shape index (κ2) is 10.6. The summed E-state index contributed by atoms with van der Waals surface area (Å²) in [5, 5.41) is 20.8. The number of fused-ring (bicyclic) bond motifs is 2. The van der Waals surface area contributed by atoms with Gasteiger partial charge in [-0.25, -0.2) is 4.39 Å². The highest BCUT2D eigenvalue weighted by atomic mass is 19.1. The van der Waals surface area contributed by atoms with Crippen LogP contribution in [0.2, 0.25) is 0 Å². The lowest BCUT2D eigenvalue weighted by atomic mass is 9.67. The zero-order valence-corrected chi connectivity index (χ0v) is 24.0. The van der Waals surface area contributed by atoms with Crippen LogP contribution < -0.4 is 21.7 Å². The summed E-state index contributed by atoms with van der Waals surface area (Å²) >= 11 is 0. The van der Waals surface area contributed by atoms with E-state index in [9.17, 15) is 33.5 Å². The minimum absolute atomic E-state index is 0.0147. The monoisotopic (exact) mass is 587 g/mol. The Labute approximate surface area is 242 Å². The molecule has 5 aliphatic rings. The van der Waals surface area contributed by atoms with E-state index in [0.29, 0.717) is 30.6 Å². The highest BCUT2D eigenvalue weighted by Crippen LogP contribution is 2.49. The van der Waals surface area contributed by atoms with Crippen LogP contribution >= 0.6 is 0 Å². The molecule has 14 heteroatoms. The van der Waals surface area contributed by atoms with Crippen LogP contribution in [0.15, 0.2) is 18.2 Å². The lowest BCUT2D eigenvalue weighted by molar-refractivity contribution is -0.213. The number of aliphatic hydroxyl groups is 1. The van der Waals surface area contributed by atoms with Crippen molar-refractivity contribution < 1.29 is 33.5 Å². The maximum atomic E-state index is 14.3. The summed E-state index contributed by atoms with van der Waals surface area (Å²) < 4.78 is 13.8. The van der Waals surface area contributed by atoms with Crippen molar-refractivity contribution in [3.8, 4) is 0 Å². The maximum Gasteiger partial charge on any atom is 0.311 e. The fraction of sp³-hybridized carbons (Fsp3) is 0.607. The molecule has 228 valence electrons. The molecule has 4 heterocycles. The van der Waals surface area contributed by atoms with Crippen molar-refractivity contribution in [3.63, 3.8) is 0 Å². The number of aryl methyl sites for hydroxylation is 1. The van der Waals surface area contributed by atoms with Gasteiger partial charge in [-0.15, -0.1) is 0 Å². The Kier molecular flexibility index (Phi) is 7.52. The number of nitrogens with two attached hydrogens (primary N) is 1. The molecule has 2 bridgehead atoms. The van der Waals surface area contributed by atoms with Crippen LogP contribution in [0.25, 0.3) is 0 Å². The van der Waals surface area contributed by atoms with Gasteiger partial charge in [-0.2, -0.15) is 0 Å². The van der Waals surface area contributed by atoms with Crippen molar-refractivity contribution >= 4 is 29.5 Å². The minimum atomic E-state index is -2.29. The van der Waals surface area contributed by atoms with Crippen molar-refractivity contribution in [3.05, 3.63) is 35.1 Å². The molecule has 4 aliphatic heterocycles. The molecule has 1 saturated carbocycles. The number of primary amides is 1. The van der Waals surface area contributed by atoms with Crippen LogP contribution in [0.1, 0.15) is 43.2 Å². The number of nitrogens with zero attached hydrogens (tertiary/aromatic N) is 3. The van der Waals surface area contributed by atoms with Crippen LogP contribution in [0.3, 0.4) is 0 Å². The van der Waals surface area contributed by atoms with Crippen LogP contribution in [-0.2, 0) is 30.5 Å². The van der Waals surface area contributed by atoms with E-state index in [1.54, 1.807) is 13.0 Å². The minimum Gasteiger partial charge on any atom is -0.369 e. The Morgan fingerprint density at radius 1 is 1.17 bits per heavy atom. The molecular weight excluding hydrogens is 549 g/mol. The predicted octanol–water partition coefficient (Wildman–Crippen LogP) is -1.73. The summed E-state index contributed by atoms with van der Waals surface area (Å²) in [4.78, 5) is 70.4. The summed E-state index contributed by atoms with van der Waals surface area (Å²) in [7, 11) is 2.88. The number of carbonyl (C=O) groups is 5. The molecule has 42 heavy (non-hydrogen) atoms. The average Bonchev–Trinajstić information content (AvgIpc) is 3.13. The van der Waals surface area contributed by atoms with Gasteiger partial charge in [-0.05, 0) is 56.2 Å². The van der Waals surface area contributed by atoms with Gasteiger partial charge >= 0.3 is 11.8 Å². The fourth-order valence-corrected chi connectivity index (χ4v) is 6.71. The molecule has 4 saturated heterocycles. The first kappa shape index (κ1) is 29.9. The number of benzene rings is 1. The van der Waals surface area contributed by atoms with Gasteiger partial charge < -0.3 is 31.3 Å². The van der Waals surface area contributed by atoms with E-state index in [4.69, 9.17) is 5.73 Å². The number of likely N-dealkylation sites (N-methyl/N-ethyl adjacent to an activating group) is 1. The largest absolute Gasteiger partial charge is 0.369 e. The first-order chi connectivity index (χ1) is 19.7. The fourth-order valence-electron chi connectivity index (χ4n) is 6.71. The molecule has 1 aliphatic carbocycles. The summed E-state index contributed by atoms with van der Waals surface area (Å²) in [6, 6.07) is 2.96. The van der Waals surface area contributed by atoms with Crippen molar-refractivity contribution in [2.45, 2.75) is 69.0 Å². The molecule has 6 rings (SSSR count). The lowest BCUT2D eigenvalue weighted by Gasteiger charge is -2.56. The van der Waals surface area contributed by atoms with Crippen LogP contribution in [-0.4, -0.2) is 107 Å². The van der Waals surface area contributed by atoms with Crippen LogP contribution in [0, 0.1) is 18.2 Å². The number of rotatable bonds is 6.